The van der Waals surface area contributed by atoms with E-state index in [1.807, 2.05) is 6.07 Å². The number of halogens is 2. The van der Waals surface area contributed by atoms with Crippen molar-refractivity contribution >= 4 is 43.2 Å². The Morgan fingerprint density at radius 2 is 1.59 bits per heavy atom. The van der Waals surface area contributed by atoms with Gasteiger partial charge in [0, 0.05) is 21.4 Å². The maximum atomic E-state index is 13.0. The molecule has 0 atom stereocenters. The van der Waals surface area contributed by atoms with Crippen molar-refractivity contribution in [2.45, 2.75) is 4.90 Å². The fourth-order valence-corrected chi connectivity index (χ4v) is 3.81. The van der Waals surface area contributed by atoms with Gasteiger partial charge in [-0.1, -0.05) is 28.1 Å². The lowest BCUT2D eigenvalue weighted by Crippen LogP contribution is -2.16. The van der Waals surface area contributed by atoms with Crippen molar-refractivity contribution in [2.24, 2.45) is 0 Å². The highest BCUT2D eigenvalue weighted by molar-refractivity contribution is 9.10. The Balaban J connectivity index is 1.81. The predicted octanol–water partition coefficient (Wildman–Crippen LogP) is 4.64. The zero-order chi connectivity index (χ0) is 19.4. The molecular formula is C19H14BrFN2O3S. The molecule has 0 aliphatic rings. The average Bonchev–Trinajstić information content (AvgIpc) is 2.63. The minimum atomic E-state index is -3.92. The molecule has 27 heavy (non-hydrogen) atoms. The maximum absolute atomic E-state index is 13.0. The molecule has 0 aliphatic heterocycles. The Bertz CT molecular complexity index is 1090. The van der Waals surface area contributed by atoms with Crippen LogP contribution in [-0.2, 0) is 10.0 Å². The Hall–Kier alpha value is -2.71. The van der Waals surface area contributed by atoms with Gasteiger partial charge in [0.05, 0.1) is 4.90 Å². The van der Waals surface area contributed by atoms with Gasteiger partial charge in [0.2, 0.25) is 0 Å². The number of sulfonamides is 1. The monoisotopic (exact) mass is 448 g/mol. The first-order valence-corrected chi connectivity index (χ1v) is 10.1. The molecule has 3 aromatic carbocycles. The fraction of sp³-hybridized carbons (Fsp3) is 0. The zero-order valence-corrected chi connectivity index (χ0v) is 16.2. The van der Waals surface area contributed by atoms with Crippen LogP contribution < -0.4 is 10.0 Å². The topological polar surface area (TPSA) is 75.3 Å². The van der Waals surface area contributed by atoms with Crippen LogP contribution in [-0.4, -0.2) is 14.3 Å². The van der Waals surface area contributed by atoms with Crippen LogP contribution in [0.5, 0.6) is 0 Å². The highest BCUT2D eigenvalue weighted by atomic mass is 79.9. The van der Waals surface area contributed by atoms with Gasteiger partial charge in [-0.2, -0.15) is 0 Å². The number of anilines is 2. The fourth-order valence-electron chi connectivity index (χ4n) is 2.31. The summed E-state index contributed by atoms with van der Waals surface area (Å²) in [5.41, 5.74) is 0.990. The number of carbonyl (C=O) groups is 1. The second-order valence-electron chi connectivity index (χ2n) is 5.60. The smallest absolute Gasteiger partial charge is 0.261 e. The lowest BCUT2D eigenvalue weighted by Gasteiger charge is -2.10. The van der Waals surface area contributed by atoms with Crippen LogP contribution in [0.2, 0.25) is 0 Å². The van der Waals surface area contributed by atoms with Gasteiger partial charge >= 0.3 is 0 Å². The summed E-state index contributed by atoms with van der Waals surface area (Å²) in [6, 6.07) is 17.6. The largest absolute Gasteiger partial charge is 0.322 e. The third kappa shape index (κ3) is 4.93. The number of carbonyl (C=O) groups excluding carboxylic acids is 1. The van der Waals surface area contributed by atoms with E-state index in [9.17, 15) is 17.6 Å². The molecule has 0 radical (unpaired) electrons. The van der Waals surface area contributed by atoms with Crippen molar-refractivity contribution in [3.05, 3.63) is 88.6 Å². The Kier molecular flexibility index (Phi) is 5.57. The summed E-state index contributed by atoms with van der Waals surface area (Å²) < 4.78 is 41.2. The van der Waals surface area contributed by atoms with E-state index in [2.05, 4.69) is 26.0 Å². The van der Waals surface area contributed by atoms with E-state index in [1.165, 1.54) is 36.4 Å². The summed E-state index contributed by atoms with van der Waals surface area (Å²) in [5, 5.41) is 2.71. The number of hydrogen-bond donors (Lipinski definition) is 2. The summed E-state index contributed by atoms with van der Waals surface area (Å²) in [6.07, 6.45) is 0. The van der Waals surface area contributed by atoms with Crippen LogP contribution >= 0.6 is 15.9 Å². The Labute approximate surface area is 164 Å². The normalized spacial score (nSPS) is 11.0. The molecule has 0 saturated heterocycles. The van der Waals surface area contributed by atoms with Gasteiger partial charge in [-0.05, 0) is 60.7 Å². The van der Waals surface area contributed by atoms with Crippen molar-refractivity contribution < 1.29 is 17.6 Å². The lowest BCUT2D eigenvalue weighted by molar-refractivity contribution is 0.102. The maximum Gasteiger partial charge on any atom is 0.261 e. The van der Waals surface area contributed by atoms with E-state index in [4.69, 9.17) is 0 Å². The van der Waals surface area contributed by atoms with Gasteiger partial charge in [-0.25, -0.2) is 12.8 Å². The van der Waals surface area contributed by atoms with E-state index in [0.29, 0.717) is 5.69 Å². The number of rotatable bonds is 5. The van der Waals surface area contributed by atoms with Gasteiger partial charge < -0.3 is 5.32 Å². The molecule has 3 rings (SSSR count). The van der Waals surface area contributed by atoms with Crippen LogP contribution in [0.1, 0.15) is 10.4 Å². The molecular weight excluding hydrogens is 435 g/mol. The standard InChI is InChI=1S/C19H14BrFN2O3S/c20-14-4-2-5-17(12-14)22-19(24)13-3-1-6-18(11-13)27(25,26)23-16-9-7-15(21)8-10-16/h1-12,23H,(H,22,24). The second kappa shape index (κ2) is 7.89. The summed E-state index contributed by atoms with van der Waals surface area (Å²) in [7, 11) is -3.92. The molecule has 0 fully saturated rings. The van der Waals surface area contributed by atoms with E-state index in [0.717, 1.165) is 16.6 Å². The summed E-state index contributed by atoms with van der Waals surface area (Å²) >= 11 is 3.32. The molecule has 0 spiro atoms. The molecule has 2 N–H and O–H groups in total. The molecule has 5 nitrogen and oxygen atoms in total. The van der Waals surface area contributed by atoms with Gasteiger partial charge in [0.15, 0.2) is 0 Å². The SMILES string of the molecule is O=C(Nc1cccc(Br)c1)c1cccc(S(=O)(=O)Nc2ccc(F)cc2)c1. The highest BCUT2D eigenvalue weighted by Gasteiger charge is 2.17. The summed E-state index contributed by atoms with van der Waals surface area (Å²) in [6.45, 7) is 0. The van der Waals surface area contributed by atoms with Gasteiger partial charge in [-0.15, -0.1) is 0 Å². The van der Waals surface area contributed by atoms with Crippen LogP contribution in [0.25, 0.3) is 0 Å². The first-order chi connectivity index (χ1) is 12.8. The predicted molar refractivity (Wildman–Crippen MR) is 106 cm³/mol. The number of hydrogen-bond acceptors (Lipinski definition) is 3. The van der Waals surface area contributed by atoms with E-state index in [1.54, 1.807) is 18.2 Å². The van der Waals surface area contributed by atoms with Crippen LogP contribution in [0.15, 0.2) is 82.2 Å². The van der Waals surface area contributed by atoms with Gasteiger partial charge in [0.1, 0.15) is 5.82 Å². The molecule has 0 aromatic heterocycles. The van der Waals surface area contributed by atoms with Gasteiger partial charge in [0.25, 0.3) is 15.9 Å². The third-order valence-electron chi connectivity index (χ3n) is 3.59. The second-order valence-corrected chi connectivity index (χ2v) is 8.20. The Morgan fingerprint density at radius 3 is 2.30 bits per heavy atom. The van der Waals surface area contributed by atoms with Crippen molar-refractivity contribution in [3.63, 3.8) is 0 Å². The number of amides is 1. The van der Waals surface area contributed by atoms with Crippen LogP contribution in [0, 0.1) is 5.82 Å². The van der Waals surface area contributed by atoms with Crippen molar-refractivity contribution in [1.29, 1.82) is 0 Å². The summed E-state index contributed by atoms with van der Waals surface area (Å²) in [5.74, 6) is -0.906. The Morgan fingerprint density at radius 1 is 0.889 bits per heavy atom. The molecule has 0 saturated carbocycles. The molecule has 8 heteroatoms. The number of benzene rings is 3. The van der Waals surface area contributed by atoms with Crippen LogP contribution in [0.4, 0.5) is 15.8 Å². The lowest BCUT2D eigenvalue weighted by atomic mass is 10.2. The third-order valence-corrected chi connectivity index (χ3v) is 5.46. The molecule has 0 unspecified atom stereocenters. The first-order valence-electron chi connectivity index (χ1n) is 7.79. The first kappa shape index (κ1) is 19.1. The minimum absolute atomic E-state index is 0.0753. The highest BCUT2D eigenvalue weighted by Crippen LogP contribution is 2.20. The molecule has 1 amide bonds. The molecule has 3 aromatic rings. The molecule has 0 aliphatic carbocycles. The average molecular weight is 449 g/mol. The quantitative estimate of drug-likeness (QED) is 0.596. The molecule has 138 valence electrons. The molecule has 0 bridgehead atoms. The molecule has 0 heterocycles. The summed E-state index contributed by atoms with van der Waals surface area (Å²) in [4.78, 5) is 12.3. The van der Waals surface area contributed by atoms with Crippen LogP contribution in [0.3, 0.4) is 0 Å². The van der Waals surface area contributed by atoms with Crippen molar-refractivity contribution in [3.8, 4) is 0 Å². The van der Waals surface area contributed by atoms with Gasteiger partial charge in [-0.3, -0.25) is 9.52 Å². The van der Waals surface area contributed by atoms with Crippen molar-refractivity contribution in [2.75, 3.05) is 10.0 Å². The van der Waals surface area contributed by atoms with E-state index >= 15 is 0 Å². The zero-order valence-electron chi connectivity index (χ0n) is 13.8. The van der Waals surface area contributed by atoms with E-state index < -0.39 is 21.7 Å². The van der Waals surface area contributed by atoms with E-state index in [-0.39, 0.29) is 16.1 Å². The minimum Gasteiger partial charge on any atom is -0.322 e. The number of nitrogens with one attached hydrogen (secondary N) is 2. The van der Waals surface area contributed by atoms with Crippen molar-refractivity contribution in [1.82, 2.24) is 0 Å².